The maximum absolute atomic E-state index is 6.32. The Morgan fingerprint density at radius 2 is 1.94 bits per heavy atom. The lowest BCUT2D eigenvalue weighted by Gasteiger charge is -2.37. The van der Waals surface area contributed by atoms with Crippen LogP contribution in [0.3, 0.4) is 0 Å². The molecule has 2 atom stereocenters. The average Bonchev–Trinajstić information content (AvgIpc) is 2.30. The summed E-state index contributed by atoms with van der Waals surface area (Å²) in [6.07, 6.45) is 2.18. The summed E-state index contributed by atoms with van der Waals surface area (Å²) in [4.78, 5) is 2.48. The van der Waals surface area contributed by atoms with Crippen molar-refractivity contribution in [3.8, 4) is 0 Å². The minimum Gasteiger partial charge on any atom is -0.371 e. The van der Waals surface area contributed by atoms with Gasteiger partial charge < -0.3 is 10.6 Å². The Morgan fingerprint density at radius 1 is 1.28 bits per heavy atom. The summed E-state index contributed by atoms with van der Waals surface area (Å²) in [6, 6.07) is 6.19. The van der Waals surface area contributed by atoms with Gasteiger partial charge in [0.25, 0.3) is 0 Å². The number of anilines is 1. The van der Waals surface area contributed by atoms with Crippen molar-refractivity contribution >= 4 is 17.3 Å². The standard InChI is InChI=1S/C15H23ClN2/c1-11-8-12(2)10-18(9-11)15-5-3-4-14(16)13(15)6-7-17/h3-5,11-12H,6-10,17H2,1-2H3. The second-order valence-corrected chi connectivity index (χ2v) is 6.03. The zero-order valence-electron chi connectivity index (χ0n) is 11.3. The molecule has 0 saturated carbocycles. The zero-order chi connectivity index (χ0) is 13.1. The molecule has 2 unspecified atom stereocenters. The number of nitrogens with two attached hydrogens (primary N) is 1. The van der Waals surface area contributed by atoms with E-state index in [0.29, 0.717) is 6.54 Å². The Kier molecular flexibility index (Phi) is 4.52. The van der Waals surface area contributed by atoms with E-state index in [9.17, 15) is 0 Å². The van der Waals surface area contributed by atoms with Gasteiger partial charge in [-0.05, 0) is 48.9 Å². The molecule has 1 aromatic carbocycles. The van der Waals surface area contributed by atoms with E-state index in [2.05, 4.69) is 24.8 Å². The van der Waals surface area contributed by atoms with Crippen molar-refractivity contribution in [2.24, 2.45) is 17.6 Å². The highest BCUT2D eigenvalue weighted by Crippen LogP contribution is 2.32. The number of hydrogen-bond donors (Lipinski definition) is 1. The zero-order valence-corrected chi connectivity index (χ0v) is 12.1. The lowest BCUT2D eigenvalue weighted by atomic mass is 9.91. The van der Waals surface area contributed by atoms with Crippen molar-refractivity contribution in [3.05, 3.63) is 28.8 Å². The molecule has 0 spiro atoms. The first-order chi connectivity index (χ1) is 8.61. The van der Waals surface area contributed by atoms with Crippen molar-refractivity contribution in [2.75, 3.05) is 24.5 Å². The Labute approximate surface area is 115 Å². The van der Waals surface area contributed by atoms with Gasteiger partial charge in [-0.2, -0.15) is 0 Å². The van der Waals surface area contributed by atoms with Gasteiger partial charge in [-0.1, -0.05) is 31.5 Å². The summed E-state index contributed by atoms with van der Waals surface area (Å²) >= 11 is 6.32. The normalized spacial score (nSPS) is 24.3. The van der Waals surface area contributed by atoms with Crippen LogP contribution in [-0.2, 0) is 6.42 Å². The van der Waals surface area contributed by atoms with E-state index in [-0.39, 0.29) is 0 Å². The molecule has 0 aliphatic carbocycles. The fourth-order valence-corrected chi connectivity index (χ4v) is 3.36. The maximum Gasteiger partial charge on any atom is 0.0459 e. The summed E-state index contributed by atoms with van der Waals surface area (Å²) in [6.45, 7) is 7.56. The van der Waals surface area contributed by atoms with Gasteiger partial charge in [0.2, 0.25) is 0 Å². The molecule has 3 heteroatoms. The fraction of sp³-hybridized carbons (Fsp3) is 0.600. The largest absolute Gasteiger partial charge is 0.371 e. The summed E-state index contributed by atoms with van der Waals surface area (Å²) in [5.41, 5.74) is 8.20. The minimum absolute atomic E-state index is 0.648. The number of piperidine rings is 1. The van der Waals surface area contributed by atoms with Crippen LogP contribution in [0, 0.1) is 11.8 Å². The van der Waals surface area contributed by atoms with Crippen LogP contribution in [0.15, 0.2) is 18.2 Å². The van der Waals surface area contributed by atoms with Gasteiger partial charge in [-0.25, -0.2) is 0 Å². The van der Waals surface area contributed by atoms with Crippen LogP contribution in [0.2, 0.25) is 5.02 Å². The summed E-state index contributed by atoms with van der Waals surface area (Å²) in [5.74, 6) is 1.50. The van der Waals surface area contributed by atoms with Gasteiger partial charge in [0, 0.05) is 23.8 Å². The maximum atomic E-state index is 6.32. The molecular formula is C15H23ClN2. The Balaban J connectivity index is 2.29. The number of halogens is 1. The van der Waals surface area contributed by atoms with Crippen LogP contribution in [0.25, 0.3) is 0 Å². The van der Waals surface area contributed by atoms with E-state index < -0.39 is 0 Å². The minimum atomic E-state index is 0.648. The molecule has 1 saturated heterocycles. The van der Waals surface area contributed by atoms with Crippen LogP contribution < -0.4 is 10.6 Å². The molecule has 0 bridgehead atoms. The SMILES string of the molecule is CC1CC(C)CN(c2cccc(Cl)c2CCN)C1. The van der Waals surface area contributed by atoms with Crippen molar-refractivity contribution in [1.82, 2.24) is 0 Å². The third-order valence-electron chi connectivity index (χ3n) is 3.70. The van der Waals surface area contributed by atoms with Gasteiger partial charge in [0.05, 0.1) is 0 Å². The molecular weight excluding hydrogens is 244 g/mol. The first-order valence-corrected chi connectivity index (χ1v) is 7.22. The topological polar surface area (TPSA) is 29.3 Å². The third-order valence-corrected chi connectivity index (χ3v) is 4.05. The van der Waals surface area contributed by atoms with Crippen molar-refractivity contribution in [1.29, 1.82) is 0 Å². The third kappa shape index (κ3) is 2.99. The van der Waals surface area contributed by atoms with E-state index >= 15 is 0 Å². The fourth-order valence-electron chi connectivity index (χ4n) is 3.10. The van der Waals surface area contributed by atoms with Gasteiger partial charge >= 0.3 is 0 Å². The average molecular weight is 267 g/mol. The van der Waals surface area contributed by atoms with Crippen molar-refractivity contribution in [2.45, 2.75) is 26.7 Å². The molecule has 2 rings (SSSR count). The molecule has 0 aromatic heterocycles. The molecule has 1 aliphatic rings. The van der Waals surface area contributed by atoms with E-state index in [0.717, 1.165) is 36.4 Å². The Morgan fingerprint density at radius 3 is 2.56 bits per heavy atom. The molecule has 1 heterocycles. The highest BCUT2D eigenvalue weighted by molar-refractivity contribution is 6.31. The number of benzene rings is 1. The molecule has 2 nitrogen and oxygen atoms in total. The van der Waals surface area contributed by atoms with Crippen LogP contribution >= 0.6 is 11.6 Å². The van der Waals surface area contributed by atoms with Gasteiger partial charge in [-0.15, -0.1) is 0 Å². The molecule has 1 fully saturated rings. The van der Waals surface area contributed by atoms with E-state index in [4.69, 9.17) is 17.3 Å². The van der Waals surface area contributed by atoms with Gasteiger partial charge in [-0.3, -0.25) is 0 Å². The lowest BCUT2D eigenvalue weighted by Crippen LogP contribution is -2.39. The molecule has 1 aromatic rings. The summed E-state index contributed by atoms with van der Waals surface area (Å²) < 4.78 is 0. The quantitative estimate of drug-likeness (QED) is 0.909. The number of nitrogens with zero attached hydrogens (tertiary/aromatic N) is 1. The number of hydrogen-bond acceptors (Lipinski definition) is 2. The summed E-state index contributed by atoms with van der Waals surface area (Å²) in [7, 11) is 0. The van der Waals surface area contributed by atoms with E-state index in [1.165, 1.54) is 17.7 Å². The first kappa shape index (κ1) is 13.7. The van der Waals surface area contributed by atoms with Crippen LogP contribution in [0.1, 0.15) is 25.8 Å². The predicted molar refractivity (Wildman–Crippen MR) is 79.4 cm³/mol. The predicted octanol–water partition coefficient (Wildman–Crippen LogP) is 3.32. The molecule has 0 radical (unpaired) electrons. The lowest BCUT2D eigenvalue weighted by molar-refractivity contribution is 0.356. The highest BCUT2D eigenvalue weighted by Gasteiger charge is 2.23. The van der Waals surface area contributed by atoms with Gasteiger partial charge in [0.1, 0.15) is 0 Å². The van der Waals surface area contributed by atoms with Crippen molar-refractivity contribution in [3.63, 3.8) is 0 Å². The van der Waals surface area contributed by atoms with Crippen LogP contribution in [-0.4, -0.2) is 19.6 Å². The van der Waals surface area contributed by atoms with Gasteiger partial charge in [0.15, 0.2) is 0 Å². The molecule has 1 aliphatic heterocycles. The molecule has 2 N–H and O–H groups in total. The molecule has 100 valence electrons. The second-order valence-electron chi connectivity index (χ2n) is 5.63. The van der Waals surface area contributed by atoms with Crippen LogP contribution in [0.5, 0.6) is 0 Å². The van der Waals surface area contributed by atoms with Crippen molar-refractivity contribution < 1.29 is 0 Å². The molecule has 0 amide bonds. The van der Waals surface area contributed by atoms with E-state index in [1.807, 2.05) is 12.1 Å². The smallest absolute Gasteiger partial charge is 0.0459 e. The molecule has 18 heavy (non-hydrogen) atoms. The Hall–Kier alpha value is -0.730. The monoisotopic (exact) mass is 266 g/mol. The first-order valence-electron chi connectivity index (χ1n) is 6.84. The van der Waals surface area contributed by atoms with E-state index in [1.54, 1.807) is 0 Å². The second kappa shape index (κ2) is 5.94. The highest BCUT2D eigenvalue weighted by atomic mass is 35.5. The van der Waals surface area contributed by atoms with Crippen LogP contribution in [0.4, 0.5) is 5.69 Å². The Bertz CT molecular complexity index is 395. The summed E-state index contributed by atoms with van der Waals surface area (Å²) in [5, 5.41) is 0.851. The number of rotatable bonds is 3.